The molecular weight excluding hydrogens is 367 g/mol. The monoisotopic (exact) mass is 396 g/mol. The highest BCUT2D eigenvalue weighted by molar-refractivity contribution is 5.99. The smallest absolute Gasteiger partial charge is 0.255 e. The van der Waals surface area contributed by atoms with E-state index in [9.17, 15) is 9.18 Å². The topological polar surface area (TPSA) is 80.0 Å². The van der Waals surface area contributed by atoms with E-state index in [0.717, 1.165) is 17.5 Å². The largest absolute Gasteiger partial charge is 0.402 e. The van der Waals surface area contributed by atoms with E-state index in [-0.39, 0.29) is 5.91 Å². The maximum atomic E-state index is 14.5. The first-order chi connectivity index (χ1) is 13.6. The van der Waals surface area contributed by atoms with Gasteiger partial charge in [-0.05, 0) is 62.6 Å². The number of pyridine rings is 1. The number of nitrogens with zero attached hydrogens (tertiary/aromatic N) is 1. The molecule has 0 fully saturated rings. The standard InChI is InChI=1S/C23H29FN4O/c1-6-11-27-22(29)21(15(2)25)16(3)28-20-8-7-18(23(4,5)24)14-19(20)17-9-12-26-13-10-17/h7-10,12-14,28H,3,6,11,25H2,1-2,4-5H3,(H,27,29)/b21-15+. The summed E-state index contributed by atoms with van der Waals surface area (Å²) in [7, 11) is 0. The van der Waals surface area contributed by atoms with Crippen molar-refractivity contribution in [2.24, 2.45) is 5.73 Å². The molecule has 0 spiro atoms. The van der Waals surface area contributed by atoms with E-state index in [2.05, 4.69) is 22.2 Å². The Kier molecular flexibility index (Phi) is 7.15. The van der Waals surface area contributed by atoms with Crippen molar-refractivity contribution in [3.8, 4) is 11.1 Å². The Morgan fingerprint density at radius 1 is 1.24 bits per heavy atom. The summed E-state index contributed by atoms with van der Waals surface area (Å²) >= 11 is 0. The van der Waals surface area contributed by atoms with Crippen molar-refractivity contribution in [2.75, 3.05) is 11.9 Å². The summed E-state index contributed by atoms with van der Waals surface area (Å²) in [5.41, 5.74) is 8.39. The highest BCUT2D eigenvalue weighted by Gasteiger charge is 2.22. The van der Waals surface area contributed by atoms with Crippen LogP contribution in [0.2, 0.25) is 0 Å². The van der Waals surface area contributed by atoms with Crippen molar-refractivity contribution in [2.45, 2.75) is 39.8 Å². The fourth-order valence-electron chi connectivity index (χ4n) is 2.90. The predicted molar refractivity (Wildman–Crippen MR) is 117 cm³/mol. The number of aromatic nitrogens is 1. The third kappa shape index (κ3) is 5.67. The molecular formula is C23H29FN4O. The number of hydrogen-bond acceptors (Lipinski definition) is 4. The van der Waals surface area contributed by atoms with Crippen LogP contribution >= 0.6 is 0 Å². The minimum absolute atomic E-state index is 0.281. The molecule has 1 amide bonds. The van der Waals surface area contributed by atoms with E-state index in [0.29, 0.717) is 34.8 Å². The summed E-state index contributed by atoms with van der Waals surface area (Å²) in [6.07, 6.45) is 4.17. The second-order valence-corrected chi connectivity index (χ2v) is 7.39. The van der Waals surface area contributed by atoms with Crippen LogP contribution in [0.25, 0.3) is 11.1 Å². The van der Waals surface area contributed by atoms with E-state index in [1.165, 1.54) is 13.8 Å². The molecule has 154 valence electrons. The van der Waals surface area contributed by atoms with E-state index in [1.807, 2.05) is 19.1 Å². The number of amides is 1. The number of rotatable bonds is 8. The van der Waals surface area contributed by atoms with E-state index >= 15 is 0 Å². The van der Waals surface area contributed by atoms with Crippen LogP contribution in [0.4, 0.5) is 10.1 Å². The van der Waals surface area contributed by atoms with Gasteiger partial charge in [0.25, 0.3) is 5.91 Å². The number of nitrogens with two attached hydrogens (primary N) is 1. The van der Waals surface area contributed by atoms with Gasteiger partial charge in [0.1, 0.15) is 5.67 Å². The highest BCUT2D eigenvalue weighted by atomic mass is 19.1. The Bertz CT molecular complexity index is 910. The fourth-order valence-corrected chi connectivity index (χ4v) is 2.90. The number of anilines is 1. The Hall–Kier alpha value is -3.15. The molecule has 0 aliphatic heterocycles. The van der Waals surface area contributed by atoms with Crippen molar-refractivity contribution in [1.29, 1.82) is 0 Å². The van der Waals surface area contributed by atoms with Crippen LogP contribution < -0.4 is 16.4 Å². The zero-order valence-electron chi connectivity index (χ0n) is 17.5. The maximum Gasteiger partial charge on any atom is 0.255 e. The third-order valence-electron chi connectivity index (χ3n) is 4.44. The number of allylic oxidation sites excluding steroid dienone is 1. The molecule has 0 unspecified atom stereocenters. The molecule has 2 aromatic rings. The number of halogens is 1. The molecule has 0 radical (unpaired) electrons. The molecule has 0 atom stereocenters. The fraction of sp³-hybridized carbons (Fsp3) is 0.304. The van der Waals surface area contributed by atoms with Crippen LogP contribution in [-0.4, -0.2) is 17.4 Å². The Balaban J connectivity index is 2.45. The molecule has 1 aromatic heterocycles. The van der Waals surface area contributed by atoms with Crippen LogP contribution in [0.3, 0.4) is 0 Å². The van der Waals surface area contributed by atoms with Gasteiger partial charge in [0.05, 0.1) is 5.57 Å². The summed E-state index contributed by atoms with van der Waals surface area (Å²) in [5.74, 6) is -0.281. The van der Waals surface area contributed by atoms with Crippen molar-refractivity contribution >= 4 is 11.6 Å². The number of carbonyl (C=O) groups excluding carboxylic acids is 1. The normalized spacial score (nSPS) is 12.2. The molecule has 0 aliphatic carbocycles. The van der Waals surface area contributed by atoms with Gasteiger partial charge in [-0.2, -0.15) is 0 Å². The lowest BCUT2D eigenvalue weighted by molar-refractivity contribution is -0.117. The first-order valence-corrected chi connectivity index (χ1v) is 9.59. The van der Waals surface area contributed by atoms with Gasteiger partial charge in [-0.3, -0.25) is 9.78 Å². The third-order valence-corrected chi connectivity index (χ3v) is 4.44. The van der Waals surface area contributed by atoms with Crippen molar-refractivity contribution in [3.05, 3.63) is 71.8 Å². The van der Waals surface area contributed by atoms with Gasteiger partial charge in [-0.1, -0.05) is 19.6 Å². The summed E-state index contributed by atoms with van der Waals surface area (Å²) in [6, 6.07) is 8.98. The molecule has 0 aliphatic rings. The molecule has 29 heavy (non-hydrogen) atoms. The molecule has 5 nitrogen and oxygen atoms in total. The van der Waals surface area contributed by atoms with Crippen LogP contribution in [0.5, 0.6) is 0 Å². The molecule has 1 heterocycles. The summed E-state index contributed by atoms with van der Waals surface area (Å²) in [5, 5.41) is 6.01. The van der Waals surface area contributed by atoms with Crippen LogP contribution in [-0.2, 0) is 10.5 Å². The average molecular weight is 397 g/mol. The minimum atomic E-state index is -1.49. The lowest BCUT2D eigenvalue weighted by Gasteiger charge is -2.21. The Morgan fingerprint density at radius 2 is 1.90 bits per heavy atom. The summed E-state index contributed by atoms with van der Waals surface area (Å²) < 4.78 is 14.5. The SMILES string of the molecule is C=C(Nc1ccc(C(C)(C)F)cc1-c1ccncc1)/C(C(=O)NCCC)=C(/C)N. The van der Waals surface area contributed by atoms with Crippen LogP contribution in [0, 0.1) is 0 Å². The van der Waals surface area contributed by atoms with Gasteiger partial charge in [-0.25, -0.2) is 4.39 Å². The predicted octanol–water partition coefficient (Wildman–Crippen LogP) is 4.64. The number of alkyl halides is 1. The number of benzene rings is 1. The molecule has 6 heteroatoms. The lowest BCUT2D eigenvalue weighted by atomic mass is 9.94. The first-order valence-electron chi connectivity index (χ1n) is 9.59. The second kappa shape index (κ2) is 9.37. The van der Waals surface area contributed by atoms with Gasteiger partial charge in [0.2, 0.25) is 0 Å². The van der Waals surface area contributed by atoms with Gasteiger partial charge in [0, 0.05) is 41.6 Å². The average Bonchev–Trinajstić information content (AvgIpc) is 2.66. The van der Waals surface area contributed by atoms with Crippen molar-refractivity contribution < 1.29 is 9.18 Å². The molecule has 1 aromatic carbocycles. The summed E-state index contributed by atoms with van der Waals surface area (Å²) in [6.45, 7) is 11.2. The molecule has 0 saturated heterocycles. The summed E-state index contributed by atoms with van der Waals surface area (Å²) in [4.78, 5) is 16.6. The lowest BCUT2D eigenvalue weighted by Crippen LogP contribution is -2.29. The van der Waals surface area contributed by atoms with Gasteiger partial charge in [0.15, 0.2) is 0 Å². The maximum absolute atomic E-state index is 14.5. The molecule has 4 N–H and O–H groups in total. The first kappa shape index (κ1) is 22.1. The Labute approximate surface area is 171 Å². The van der Waals surface area contributed by atoms with E-state index < -0.39 is 5.67 Å². The molecule has 0 saturated carbocycles. The number of carbonyl (C=O) groups is 1. The number of hydrogen-bond donors (Lipinski definition) is 3. The highest BCUT2D eigenvalue weighted by Crippen LogP contribution is 2.35. The number of nitrogens with one attached hydrogen (secondary N) is 2. The van der Waals surface area contributed by atoms with Gasteiger partial charge < -0.3 is 16.4 Å². The van der Waals surface area contributed by atoms with Crippen LogP contribution in [0.15, 0.2) is 66.3 Å². The van der Waals surface area contributed by atoms with E-state index in [4.69, 9.17) is 5.73 Å². The minimum Gasteiger partial charge on any atom is -0.402 e. The zero-order chi connectivity index (χ0) is 21.6. The van der Waals surface area contributed by atoms with E-state index in [1.54, 1.807) is 37.5 Å². The van der Waals surface area contributed by atoms with Crippen molar-refractivity contribution in [3.63, 3.8) is 0 Å². The molecule has 2 rings (SSSR count). The molecule has 0 bridgehead atoms. The van der Waals surface area contributed by atoms with Crippen LogP contribution in [0.1, 0.15) is 39.7 Å². The van der Waals surface area contributed by atoms with Crippen molar-refractivity contribution in [1.82, 2.24) is 10.3 Å². The quantitative estimate of drug-likeness (QED) is 0.449. The van der Waals surface area contributed by atoms with Gasteiger partial charge in [-0.15, -0.1) is 0 Å². The zero-order valence-corrected chi connectivity index (χ0v) is 17.5. The second-order valence-electron chi connectivity index (χ2n) is 7.39. The van der Waals surface area contributed by atoms with Gasteiger partial charge >= 0.3 is 0 Å². The Morgan fingerprint density at radius 3 is 2.45 bits per heavy atom.